The molecule has 3 heterocycles. The summed E-state index contributed by atoms with van der Waals surface area (Å²) in [7, 11) is 0. The first-order valence-electron chi connectivity index (χ1n) is 9.51. The van der Waals surface area contributed by atoms with Gasteiger partial charge in [-0.2, -0.15) is 0 Å². The Bertz CT molecular complexity index is 656. The van der Waals surface area contributed by atoms with Crippen LogP contribution in [0, 0.1) is 0 Å². The third kappa shape index (κ3) is 3.00. The smallest absolute Gasteiger partial charge is 0.324 e. The second kappa shape index (κ2) is 6.36. The fourth-order valence-electron chi connectivity index (χ4n) is 4.78. The molecular formula is C20H27N3O2. The molecule has 3 fully saturated rings. The summed E-state index contributed by atoms with van der Waals surface area (Å²) in [4.78, 5) is 28.0. The molecule has 0 aromatic heterocycles. The Morgan fingerprint density at radius 3 is 2.20 bits per heavy atom. The van der Waals surface area contributed by atoms with E-state index in [4.69, 9.17) is 0 Å². The molecule has 134 valence electrons. The Morgan fingerprint density at radius 1 is 1.00 bits per heavy atom. The largest absolute Gasteiger partial charge is 0.365 e. The third-order valence-corrected chi connectivity index (χ3v) is 6.09. The molecule has 3 amide bonds. The van der Waals surface area contributed by atoms with E-state index in [1.165, 1.54) is 24.1 Å². The summed E-state index contributed by atoms with van der Waals surface area (Å²) in [6.45, 7) is 5.01. The van der Waals surface area contributed by atoms with Gasteiger partial charge in [0.2, 0.25) is 5.91 Å². The maximum atomic E-state index is 12.2. The van der Waals surface area contributed by atoms with Gasteiger partial charge in [-0.15, -0.1) is 0 Å². The summed E-state index contributed by atoms with van der Waals surface area (Å²) >= 11 is 0. The average Bonchev–Trinajstić information content (AvgIpc) is 2.85. The molecule has 0 aliphatic carbocycles. The van der Waals surface area contributed by atoms with Crippen molar-refractivity contribution < 1.29 is 9.59 Å². The topological polar surface area (TPSA) is 52.6 Å². The number of imide groups is 1. The van der Waals surface area contributed by atoms with Gasteiger partial charge in [-0.1, -0.05) is 26.0 Å². The van der Waals surface area contributed by atoms with E-state index in [9.17, 15) is 9.59 Å². The lowest BCUT2D eigenvalue weighted by Crippen LogP contribution is -2.58. The van der Waals surface area contributed by atoms with E-state index in [2.05, 4.69) is 48.3 Å². The minimum atomic E-state index is -0.199. The van der Waals surface area contributed by atoms with Crippen molar-refractivity contribution in [3.63, 3.8) is 0 Å². The SMILES string of the molecule is CC(C)c1ccc(N2C3CCC2CC(N2CCC(=O)NC2=O)C3)cc1. The molecule has 1 aromatic carbocycles. The summed E-state index contributed by atoms with van der Waals surface area (Å²) in [6, 6.07) is 10.1. The van der Waals surface area contributed by atoms with Crippen LogP contribution in [0.1, 0.15) is 57.4 Å². The van der Waals surface area contributed by atoms with E-state index in [1.54, 1.807) is 0 Å². The first kappa shape index (κ1) is 16.4. The molecule has 2 unspecified atom stereocenters. The molecule has 3 aliphatic rings. The molecule has 4 rings (SSSR count). The number of piperidine rings is 1. The average molecular weight is 341 g/mol. The van der Waals surface area contributed by atoms with Crippen LogP contribution in [0.4, 0.5) is 10.5 Å². The highest BCUT2D eigenvalue weighted by molar-refractivity contribution is 5.96. The van der Waals surface area contributed by atoms with Crippen molar-refractivity contribution in [1.29, 1.82) is 0 Å². The lowest BCUT2D eigenvalue weighted by atomic mass is 9.94. The molecule has 1 aromatic rings. The molecule has 1 N–H and O–H groups in total. The summed E-state index contributed by atoms with van der Waals surface area (Å²) in [6.07, 6.45) is 4.83. The zero-order valence-corrected chi connectivity index (χ0v) is 15.1. The van der Waals surface area contributed by atoms with Crippen molar-refractivity contribution in [1.82, 2.24) is 10.2 Å². The molecule has 5 heteroatoms. The standard InChI is InChI=1S/C20H27N3O2/c1-13(2)14-3-5-15(6-4-14)23-16-7-8-17(23)12-18(11-16)22-10-9-19(24)21-20(22)25/h3-6,13,16-18H,7-12H2,1-2H3,(H,21,24,25). The molecule has 3 aliphatic heterocycles. The third-order valence-electron chi connectivity index (χ3n) is 6.09. The molecule has 0 saturated carbocycles. The van der Waals surface area contributed by atoms with E-state index in [-0.39, 0.29) is 18.0 Å². The first-order valence-corrected chi connectivity index (χ1v) is 9.51. The van der Waals surface area contributed by atoms with E-state index >= 15 is 0 Å². The van der Waals surface area contributed by atoms with Gasteiger partial charge in [0.1, 0.15) is 0 Å². The molecule has 0 spiro atoms. The number of urea groups is 1. The Morgan fingerprint density at radius 2 is 1.64 bits per heavy atom. The number of hydrogen-bond acceptors (Lipinski definition) is 3. The highest BCUT2D eigenvalue weighted by Crippen LogP contribution is 2.41. The Labute approximate surface area is 149 Å². The van der Waals surface area contributed by atoms with Crippen molar-refractivity contribution in [2.24, 2.45) is 0 Å². The Kier molecular flexibility index (Phi) is 4.18. The highest BCUT2D eigenvalue weighted by atomic mass is 16.2. The summed E-state index contributed by atoms with van der Waals surface area (Å²) in [5.74, 6) is 0.406. The Balaban J connectivity index is 1.48. The predicted molar refractivity (Wildman–Crippen MR) is 97.7 cm³/mol. The van der Waals surface area contributed by atoms with Gasteiger partial charge in [0.05, 0.1) is 0 Å². The number of hydrogen-bond donors (Lipinski definition) is 1. The number of rotatable bonds is 3. The fraction of sp³-hybridized carbons (Fsp3) is 0.600. The number of amides is 3. The maximum absolute atomic E-state index is 12.2. The van der Waals surface area contributed by atoms with Crippen molar-refractivity contribution in [3.8, 4) is 0 Å². The first-order chi connectivity index (χ1) is 12.0. The molecule has 2 bridgehead atoms. The fourth-order valence-corrected chi connectivity index (χ4v) is 4.78. The van der Waals surface area contributed by atoms with Crippen LogP contribution in [0.5, 0.6) is 0 Å². The van der Waals surface area contributed by atoms with Crippen LogP contribution in [0.3, 0.4) is 0 Å². The lowest BCUT2D eigenvalue weighted by molar-refractivity contribution is -0.121. The zero-order chi connectivity index (χ0) is 17.6. The van der Waals surface area contributed by atoms with Crippen molar-refractivity contribution in [2.75, 3.05) is 11.4 Å². The van der Waals surface area contributed by atoms with E-state index < -0.39 is 0 Å². The van der Waals surface area contributed by atoms with Crippen molar-refractivity contribution in [3.05, 3.63) is 29.8 Å². The van der Waals surface area contributed by atoms with Gasteiger partial charge >= 0.3 is 6.03 Å². The van der Waals surface area contributed by atoms with Gasteiger partial charge < -0.3 is 9.80 Å². The number of nitrogens with one attached hydrogen (secondary N) is 1. The molecule has 3 saturated heterocycles. The molecule has 2 atom stereocenters. The summed E-state index contributed by atoms with van der Waals surface area (Å²) in [5.41, 5.74) is 2.69. The molecular weight excluding hydrogens is 314 g/mol. The lowest BCUT2D eigenvalue weighted by Gasteiger charge is -2.45. The number of nitrogens with zero attached hydrogens (tertiary/aromatic N) is 2. The minimum absolute atomic E-state index is 0.146. The van der Waals surface area contributed by atoms with Crippen LogP contribution in [0.15, 0.2) is 24.3 Å². The van der Waals surface area contributed by atoms with E-state index in [1.807, 2.05) is 4.90 Å². The van der Waals surface area contributed by atoms with Crippen molar-refractivity contribution in [2.45, 2.75) is 70.0 Å². The van der Waals surface area contributed by atoms with Crippen LogP contribution >= 0.6 is 0 Å². The van der Waals surface area contributed by atoms with E-state index in [0.717, 1.165) is 12.8 Å². The monoisotopic (exact) mass is 341 g/mol. The normalized spacial score (nSPS) is 29.3. The number of anilines is 1. The van der Waals surface area contributed by atoms with Gasteiger partial charge in [-0.25, -0.2) is 4.79 Å². The van der Waals surface area contributed by atoms with Crippen LogP contribution in [-0.2, 0) is 4.79 Å². The van der Waals surface area contributed by atoms with E-state index in [0.29, 0.717) is 31.0 Å². The maximum Gasteiger partial charge on any atom is 0.324 e. The van der Waals surface area contributed by atoms with Gasteiger partial charge in [-0.3, -0.25) is 10.1 Å². The second-order valence-electron chi connectivity index (χ2n) is 7.96. The predicted octanol–water partition coefficient (Wildman–Crippen LogP) is 3.25. The Hall–Kier alpha value is -2.04. The van der Waals surface area contributed by atoms with Crippen LogP contribution in [0.2, 0.25) is 0 Å². The van der Waals surface area contributed by atoms with Crippen molar-refractivity contribution >= 4 is 17.6 Å². The number of carbonyl (C=O) groups is 2. The van der Waals surface area contributed by atoms with Gasteiger partial charge in [-0.05, 0) is 49.3 Å². The zero-order valence-electron chi connectivity index (χ0n) is 15.1. The molecule has 0 radical (unpaired) electrons. The van der Waals surface area contributed by atoms with Crippen LogP contribution in [-0.4, -0.2) is 41.5 Å². The number of fused-ring (bicyclic) bond motifs is 2. The number of benzene rings is 1. The van der Waals surface area contributed by atoms with Gasteiger partial charge in [0.25, 0.3) is 0 Å². The van der Waals surface area contributed by atoms with Crippen LogP contribution in [0.25, 0.3) is 0 Å². The molecule has 25 heavy (non-hydrogen) atoms. The highest BCUT2D eigenvalue weighted by Gasteiger charge is 2.44. The van der Waals surface area contributed by atoms with Gasteiger partial charge in [0, 0.05) is 36.8 Å². The summed E-state index contributed by atoms with van der Waals surface area (Å²) in [5, 5.41) is 2.47. The van der Waals surface area contributed by atoms with Crippen LogP contribution < -0.4 is 10.2 Å². The molecule has 5 nitrogen and oxygen atoms in total. The second-order valence-corrected chi connectivity index (χ2v) is 7.96. The quantitative estimate of drug-likeness (QED) is 0.918. The minimum Gasteiger partial charge on any atom is -0.365 e. The van der Waals surface area contributed by atoms with Gasteiger partial charge in [0.15, 0.2) is 0 Å². The summed E-state index contributed by atoms with van der Waals surface area (Å²) < 4.78 is 0. The number of carbonyl (C=O) groups excluding carboxylic acids is 2.